The van der Waals surface area contributed by atoms with Crippen LogP contribution in [0.4, 0.5) is 8.78 Å². The van der Waals surface area contributed by atoms with Gasteiger partial charge in [-0.15, -0.1) is 0 Å². The van der Waals surface area contributed by atoms with Crippen molar-refractivity contribution in [3.8, 4) is 5.75 Å². The summed E-state index contributed by atoms with van der Waals surface area (Å²) in [6.45, 7) is 0. The molecule has 9 heteroatoms. The average Bonchev–Trinajstić information content (AvgIpc) is 3.02. The number of ketones is 3. The van der Waals surface area contributed by atoms with Crippen LogP contribution in [-0.2, 0) is 4.79 Å². The highest BCUT2D eigenvalue weighted by Crippen LogP contribution is 2.39. The third-order valence-corrected chi connectivity index (χ3v) is 5.57. The molecule has 2 aromatic rings. The van der Waals surface area contributed by atoms with Gasteiger partial charge in [0, 0.05) is 5.56 Å². The molecule has 0 saturated carbocycles. The Labute approximate surface area is 155 Å². The van der Waals surface area contributed by atoms with E-state index in [9.17, 15) is 23.2 Å². The summed E-state index contributed by atoms with van der Waals surface area (Å²) in [6.07, 6.45) is 0.963. The van der Waals surface area contributed by atoms with Gasteiger partial charge < -0.3 is 9.15 Å². The number of hydrogen-bond donors (Lipinski definition) is 0. The number of ether oxygens (including phenoxy) is 1. The average molecular weight is 476 g/mol. The van der Waals surface area contributed by atoms with Crippen molar-refractivity contribution in [3.63, 3.8) is 0 Å². The number of Topliss-reactive ketones (excluding diaryl/α,β-unsaturated/α-hetero) is 2. The monoisotopic (exact) mass is 474 g/mol. The van der Waals surface area contributed by atoms with Gasteiger partial charge in [-0.2, -0.15) is 0 Å². The predicted molar refractivity (Wildman–Crippen MR) is 89.2 cm³/mol. The summed E-state index contributed by atoms with van der Waals surface area (Å²) >= 11 is 6.06. The minimum absolute atomic E-state index is 0.0192. The lowest BCUT2D eigenvalue weighted by molar-refractivity contribution is -0.111. The molecule has 1 aromatic heterocycles. The van der Waals surface area contributed by atoms with Crippen LogP contribution in [0.2, 0.25) is 0 Å². The standard InChI is InChI=1S/C16H6Br2F2O5/c1-24-15-7(19)2-5(3-8(15)20)12(21)6-4-25-16-9(6)13(22)14(23)10(17)11(16)18/h2-4H,1H3. The Balaban J connectivity index is 2.15. The van der Waals surface area contributed by atoms with E-state index in [-0.39, 0.29) is 31.4 Å². The van der Waals surface area contributed by atoms with Crippen LogP contribution in [0.25, 0.3) is 4.48 Å². The Morgan fingerprint density at radius 3 is 2.24 bits per heavy atom. The molecular formula is C16H6Br2F2O5. The van der Waals surface area contributed by atoms with Gasteiger partial charge in [-0.05, 0) is 44.0 Å². The second-order valence-electron chi connectivity index (χ2n) is 4.94. The van der Waals surface area contributed by atoms with Crippen LogP contribution in [0.1, 0.15) is 32.0 Å². The molecule has 0 radical (unpaired) electrons. The van der Waals surface area contributed by atoms with Crippen molar-refractivity contribution in [1.82, 2.24) is 0 Å². The first-order valence-corrected chi connectivity index (χ1v) is 8.20. The van der Waals surface area contributed by atoms with E-state index in [1.54, 1.807) is 0 Å². The molecule has 0 amide bonds. The highest BCUT2D eigenvalue weighted by Gasteiger charge is 2.37. The molecule has 25 heavy (non-hydrogen) atoms. The minimum atomic E-state index is -1.07. The van der Waals surface area contributed by atoms with Gasteiger partial charge in [0.2, 0.25) is 11.6 Å². The molecule has 1 aromatic carbocycles. The molecule has 0 fully saturated rings. The van der Waals surface area contributed by atoms with Gasteiger partial charge in [-0.1, -0.05) is 0 Å². The third kappa shape index (κ3) is 2.67. The molecule has 3 rings (SSSR count). The normalized spacial score (nSPS) is 14.0. The Kier molecular flexibility index (Phi) is 4.46. The van der Waals surface area contributed by atoms with E-state index >= 15 is 0 Å². The Morgan fingerprint density at radius 1 is 1.08 bits per heavy atom. The molecule has 1 aliphatic carbocycles. The number of halogens is 4. The summed E-state index contributed by atoms with van der Waals surface area (Å²) in [5.41, 5.74) is -0.889. The van der Waals surface area contributed by atoms with E-state index < -0.39 is 34.7 Å². The number of benzene rings is 1. The molecule has 128 valence electrons. The summed E-state index contributed by atoms with van der Waals surface area (Å²) in [6, 6.07) is 1.55. The summed E-state index contributed by atoms with van der Waals surface area (Å²) in [5, 5.41) is 0. The highest BCUT2D eigenvalue weighted by molar-refractivity contribution is 9.16. The maximum absolute atomic E-state index is 13.8. The van der Waals surface area contributed by atoms with Crippen molar-refractivity contribution in [2.45, 2.75) is 0 Å². The summed E-state index contributed by atoms with van der Waals surface area (Å²) in [4.78, 5) is 36.7. The topological polar surface area (TPSA) is 73.6 Å². The van der Waals surface area contributed by atoms with Gasteiger partial charge >= 0.3 is 0 Å². The molecule has 0 atom stereocenters. The van der Waals surface area contributed by atoms with Crippen molar-refractivity contribution < 1.29 is 32.3 Å². The minimum Gasteiger partial charge on any atom is -0.491 e. The first-order valence-electron chi connectivity index (χ1n) is 6.61. The van der Waals surface area contributed by atoms with Crippen molar-refractivity contribution >= 4 is 53.7 Å². The van der Waals surface area contributed by atoms with Crippen LogP contribution < -0.4 is 4.74 Å². The van der Waals surface area contributed by atoms with E-state index in [2.05, 4.69) is 36.6 Å². The van der Waals surface area contributed by atoms with Crippen molar-refractivity contribution in [3.05, 3.63) is 57.0 Å². The van der Waals surface area contributed by atoms with Crippen LogP contribution in [-0.4, -0.2) is 24.5 Å². The van der Waals surface area contributed by atoms with E-state index in [0.717, 1.165) is 25.5 Å². The molecular weight excluding hydrogens is 470 g/mol. The van der Waals surface area contributed by atoms with E-state index in [0.29, 0.717) is 0 Å². The molecule has 0 bridgehead atoms. The number of furan rings is 1. The molecule has 0 aliphatic heterocycles. The van der Waals surface area contributed by atoms with E-state index in [1.165, 1.54) is 0 Å². The van der Waals surface area contributed by atoms with Crippen molar-refractivity contribution in [2.75, 3.05) is 7.11 Å². The van der Waals surface area contributed by atoms with Crippen molar-refractivity contribution in [1.29, 1.82) is 0 Å². The van der Waals surface area contributed by atoms with Crippen LogP contribution in [0.3, 0.4) is 0 Å². The van der Waals surface area contributed by atoms with Gasteiger partial charge in [0.1, 0.15) is 6.26 Å². The lowest BCUT2D eigenvalue weighted by Gasteiger charge is -2.11. The van der Waals surface area contributed by atoms with Gasteiger partial charge in [0.05, 0.1) is 27.2 Å². The molecule has 0 saturated heterocycles. The largest absolute Gasteiger partial charge is 0.491 e. The molecule has 5 nitrogen and oxygen atoms in total. The zero-order valence-electron chi connectivity index (χ0n) is 12.3. The van der Waals surface area contributed by atoms with Gasteiger partial charge in [-0.3, -0.25) is 14.4 Å². The van der Waals surface area contributed by atoms with E-state index in [4.69, 9.17) is 4.42 Å². The number of methoxy groups -OCH3 is 1. The van der Waals surface area contributed by atoms with Crippen molar-refractivity contribution in [2.24, 2.45) is 0 Å². The summed E-state index contributed by atoms with van der Waals surface area (Å²) < 4.78 is 37.5. The van der Waals surface area contributed by atoms with E-state index in [1.807, 2.05) is 0 Å². The van der Waals surface area contributed by atoms with Crippen LogP contribution in [0.15, 0.2) is 27.3 Å². The number of hydrogen-bond acceptors (Lipinski definition) is 5. The molecule has 0 N–H and O–H groups in total. The van der Waals surface area contributed by atoms with Crippen LogP contribution >= 0.6 is 31.9 Å². The maximum atomic E-state index is 13.8. The number of carbonyl (C=O) groups is 3. The Bertz CT molecular complexity index is 967. The predicted octanol–water partition coefficient (Wildman–Crippen LogP) is 4.02. The quantitative estimate of drug-likeness (QED) is 0.495. The SMILES string of the molecule is COc1c(F)cc(C(=O)c2coc3c2C(=O)C(=O)C(Br)=C3Br)cc1F. The number of rotatable bonds is 3. The van der Waals surface area contributed by atoms with Crippen LogP contribution in [0, 0.1) is 11.6 Å². The van der Waals surface area contributed by atoms with Crippen LogP contribution in [0.5, 0.6) is 5.75 Å². The summed E-state index contributed by atoms with van der Waals surface area (Å²) in [7, 11) is 1.08. The highest BCUT2D eigenvalue weighted by atomic mass is 79.9. The zero-order chi connectivity index (χ0) is 18.5. The van der Waals surface area contributed by atoms with Gasteiger partial charge in [-0.25, -0.2) is 8.78 Å². The zero-order valence-corrected chi connectivity index (χ0v) is 15.5. The second kappa shape index (κ2) is 6.30. The maximum Gasteiger partial charge on any atom is 0.241 e. The second-order valence-corrected chi connectivity index (χ2v) is 6.53. The lowest BCUT2D eigenvalue weighted by Crippen LogP contribution is -2.22. The first-order chi connectivity index (χ1) is 11.8. The fraction of sp³-hybridized carbons (Fsp3) is 0.0625. The number of carbonyl (C=O) groups excluding carboxylic acids is 3. The van der Waals surface area contributed by atoms with Gasteiger partial charge in [0.15, 0.2) is 28.9 Å². The Morgan fingerprint density at radius 2 is 1.68 bits per heavy atom. The third-order valence-electron chi connectivity index (χ3n) is 3.52. The van der Waals surface area contributed by atoms with Gasteiger partial charge in [0.25, 0.3) is 0 Å². The molecule has 0 spiro atoms. The fourth-order valence-corrected chi connectivity index (χ4v) is 3.20. The lowest BCUT2D eigenvalue weighted by atomic mass is 9.94. The molecule has 1 heterocycles. The fourth-order valence-electron chi connectivity index (χ4n) is 2.37. The number of allylic oxidation sites excluding steroid dienone is 1. The molecule has 1 aliphatic rings. The summed E-state index contributed by atoms with van der Waals surface area (Å²) in [5.74, 6) is -5.51. The molecule has 0 unspecified atom stereocenters. The first kappa shape index (κ1) is 17.7. The Hall–Kier alpha value is -2.13. The smallest absolute Gasteiger partial charge is 0.241 e. The number of fused-ring (bicyclic) bond motifs is 1.